The molecule has 1 saturated carbocycles. The van der Waals surface area contributed by atoms with Gasteiger partial charge >= 0.3 is 0 Å². The van der Waals surface area contributed by atoms with Crippen molar-refractivity contribution in [1.82, 2.24) is 4.90 Å². The quantitative estimate of drug-likeness (QED) is 0.653. The standard InChI is InChI=1S/C14H28BrN/c1-4-13(3)16(5-2)12-14(11-15)9-7-6-8-10-14/h13H,4-12H2,1-3H3. The van der Waals surface area contributed by atoms with Crippen LogP contribution < -0.4 is 0 Å². The first-order chi connectivity index (χ1) is 7.67. The minimum atomic E-state index is 0.567. The van der Waals surface area contributed by atoms with Gasteiger partial charge in [0.15, 0.2) is 0 Å². The molecule has 0 N–H and O–H groups in total. The van der Waals surface area contributed by atoms with Crippen molar-refractivity contribution in [2.75, 3.05) is 18.4 Å². The smallest absolute Gasteiger partial charge is 0.0100 e. The maximum absolute atomic E-state index is 3.77. The largest absolute Gasteiger partial charge is 0.300 e. The van der Waals surface area contributed by atoms with Gasteiger partial charge < -0.3 is 4.90 Å². The van der Waals surface area contributed by atoms with Gasteiger partial charge in [-0.2, -0.15) is 0 Å². The van der Waals surface area contributed by atoms with Crippen molar-refractivity contribution in [3.8, 4) is 0 Å². The molecule has 0 bridgehead atoms. The molecule has 1 fully saturated rings. The van der Waals surface area contributed by atoms with Crippen molar-refractivity contribution >= 4 is 15.9 Å². The van der Waals surface area contributed by atoms with E-state index in [2.05, 4.69) is 41.6 Å². The van der Waals surface area contributed by atoms with E-state index in [0.717, 1.165) is 6.04 Å². The van der Waals surface area contributed by atoms with Gasteiger partial charge in [-0.3, -0.25) is 0 Å². The molecule has 0 aromatic rings. The van der Waals surface area contributed by atoms with Gasteiger partial charge in [-0.05, 0) is 38.1 Å². The Hall–Kier alpha value is 0.440. The Balaban J connectivity index is 2.58. The summed E-state index contributed by atoms with van der Waals surface area (Å²) < 4.78 is 0. The molecule has 2 heteroatoms. The Kier molecular flexibility index (Phi) is 6.35. The summed E-state index contributed by atoms with van der Waals surface area (Å²) in [7, 11) is 0. The normalized spacial score (nSPS) is 22.3. The molecule has 1 aliphatic carbocycles. The molecule has 96 valence electrons. The van der Waals surface area contributed by atoms with E-state index in [1.807, 2.05) is 0 Å². The lowest BCUT2D eigenvalue weighted by Crippen LogP contribution is -2.44. The van der Waals surface area contributed by atoms with Crippen LogP contribution in [0.15, 0.2) is 0 Å². The van der Waals surface area contributed by atoms with Gasteiger partial charge in [0.2, 0.25) is 0 Å². The highest BCUT2D eigenvalue weighted by Gasteiger charge is 2.33. The second-order valence-corrected chi connectivity index (χ2v) is 6.08. The highest BCUT2D eigenvalue weighted by molar-refractivity contribution is 9.09. The van der Waals surface area contributed by atoms with Crippen molar-refractivity contribution in [2.45, 2.75) is 65.3 Å². The molecule has 0 radical (unpaired) electrons. The Morgan fingerprint density at radius 2 is 1.81 bits per heavy atom. The summed E-state index contributed by atoms with van der Waals surface area (Å²) in [6, 6.07) is 0.739. The van der Waals surface area contributed by atoms with Crippen molar-refractivity contribution in [3.63, 3.8) is 0 Å². The molecule has 0 saturated heterocycles. The Morgan fingerprint density at radius 3 is 2.25 bits per heavy atom. The Morgan fingerprint density at radius 1 is 1.19 bits per heavy atom. The van der Waals surface area contributed by atoms with Gasteiger partial charge in [-0.25, -0.2) is 0 Å². The lowest BCUT2D eigenvalue weighted by atomic mass is 9.75. The zero-order chi connectivity index (χ0) is 12.0. The second-order valence-electron chi connectivity index (χ2n) is 5.51. The third kappa shape index (κ3) is 3.73. The fourth-order valence-electron chi connectivity index (χ4n) is 2.90. The molecule has 16 heavy (non-hydrogen) atoms. The van der Waals surface area contributed by atoms with Gasteiger partial charge in [0.05, 0.1) is 0 Å². The highest BCUT2D eigenvalue weighted by atomic mass is 79.9. The molecule has 0 aromatic carbocycles. The van der Waals surface area contributed by atoms with E-state index in [-0.39, 0.29) is 0 Å². The van der Waals surface area contributed by atoms with Crippen molar-refractivity contribution in [1.29, 1.82) is 0 Å². The van der Waals surface area contributed by atoms with Gasteiger partial charge in [-0.1, -0.05) is 49.0 Å². The number of nitrogens with zero attached hydrogens (tertiary/aromatic N) is 1. The maximum atomic E-state index is 3.77. The Bertz CT molecular complexity index is 187. The van der Waals surface area contributed by atoms with E-state index in [1.165, 1.54) is 56.9 Å². The highest BCUT2D eigenvalue weighted by Crippen LogP contribution is 2.39. The van der Waals surface area contributed by atoms with E-state index in [9.17, 15) is 0 Å². The third-order valence-electron chi connectivity index (χ3n) is 4.36. The third-order valence-corrected chi connectivity index (χ3v) is 5.55. The fraction of sp³-hybridized carbons (Fsp3) is 1.00. The zero-order valence-electron chi connectivity index (χ0n) is 11.3. The van der Waals surface area contributed by atoms with Crippen LogP contribution in [0, 0.1) is 5.41 Å². The molecule has 0 heterocycles. The van der Waals surface area contributed by atoms with E-state index < -0.39 is 0 Å². The summed E-state index contributed by atoms with van der Waals surface area (Å²) in [6.45, 7) is 9.47. The lowest BCUT2D eigenvalue weighted by Gasteiger charge is -2.41. The van der Waals surface area contributed by atoms with E-state index >= 15 is 0 Å². The first kappa shape index (κ1) is 14.5. The van der Waals surface area contributed by atoms with Crippen molar-refractivity contribution < 1.29 is 0 Å². The minimum absolute atomic E-state index is 0.567. The number of hydrogen-bond donors (Lipinski definition) is 0. The van der Waals surface area contributed by atoms with E-state index in [4.69, 9.17) is 0 Å². The van der Waals surface area contributed by atoms with Crippen molar-refractivity contribution in [3.05, 3.63) is 0 Å². The molecule has 1 unspecified atom stereocenters. The molecule has 0 amide bonds. The predicted molar refractivity (Wildman–Crippen MR) is 76.3 cm³/mol. The van der Waals surface area contributed by atoms with E-state index in [1.54, 1.807) is 0 Å². The van der Waals surface area contributed by atoms with E-state index in [0.29, 0.717) is 5.41 Å². The summed E-state index contributed by atoms with van der Waals surface area (Å²) in [6.07, 6.45) is 8.43. The molecule has 1 nitrogen and oxygen atoms in total. The van der Waals surface area contributed by atoms with Gasteiger partial charge in [0, 0.05) is 17.9 Å². The van der Waals surface area contributed by atoms with Crippen LogP contribution in [0.4, 0.5) is 0 Å². The molecule has 1 aliphatic rings. The van der Waals surface area contributed by atoms with Gasteiger partial charge in [0.1, 0.15) is 0 Å². The lowest BCUT2D eigenvalue weighted by molar-refractivity contribution is 0.101. The number of alkyl halides is 1. The Labute approximate surface area is 110 Å². The first-order valence-electron chi connectivity index (χ1n) is 6.97. The molecular formula is C14H28BrN. The molecule has 1 atom stereocenters. The predicted octanol–water partition coefficient (Wildman–Crippen LogP) is 4.45. The van der Waals surface area contributed by atoms with Crippen LogP contribution in [0.5, 0.6) is 0 Å². The van der Waals surface area contributed by atoms with Crippen molar-refractivity contribution in [2.24, 2.45) is 5.41 Å². The monoisotopic (exact) mass is 289 g/mol. The molecule has 0 aliphatic heterocycles. The molecular weight excluding hydrogens is 262 g/mol. The topological polar surface area (TPSA) is 3.24 Å². The van der Waals surface area contributed by atoms with Gasteiger partial charge in [0.25, 0.3) is 0 Å². The maximum Gasteiger partial charge on any atom is 0.0100 e. The first-order valence-corrected chi connectivity index (χ1v) is 8.09. The average Bonchev–Trinajstić information content (AvgIpc) is 2.36. The summed E-state index contributed by atoms with van der Waals surface area (Å²) in [4.78, 5) is 2.67. The van der Waals surface area contributed by atoms with Crippen LogP contribution in [0.2, 0.25) is 0 Å². The van der Waals surface area contributed by atoms with Gasteiger partial charge in [-0.15, -0.1) is 0 Å². The molecule has 0 spiro atoms. The van der Waals surface area contributed by atoms with Crippen LogP contribution in [0.3, 0.4) is 0 Å². The van der Waals surface area contributed by atoms with Crippen LogP contribution >= 0.6 is 15.9 Å². The number of rotatable bonds is 6. The summed E-state index contributed by atoms with van der Waals surface area (Å²) in [5, 5.41) is 1.19. The number of hydrogen-bond acceptors (Lipinski definition) is 1. The number of halogens is 1. The minimum Gasteiger partial charge on any atom is -0.300 e. The SMILES string of the molecule is CCC(C)N(CC)CC1(CBr)CCCCC1. The van der Waals surface area contributed by atoms with Crippen LogP contribution in [-0.2, 0) is 0 Å². The zero-order valence-corrected chi connectivity index (χ0v) is 12.9. The summed E-state index contributed by atoms with van der Waals surface area (Å²) in [5.41, 5.74) is 0.567. The van der Waals surface area contributed by atoms with Crippen LogP contribution in [0.1, 0.15) is 59.3 Å². The summed E-state index contributed by atoms with van der Waals surface area (Å²) >= 11 is 3.77. The molecule has 0 aromatic heterocycles. The second kappa shape index (κ2) is 7.00. The molecule has 1 rings (SSSR count). The van der Waals surface area contributed by atoms with Crippen LogP contribution in [0.25, 0.3) is 0 Å². The summed E-state index contributed by atoms with van der Waals surface area (Å²) in [5.74, 6) is 0. The van der Waals surface area contributed by atoms with Crippen LogP contribution in [-0.4, -0.2) is 29.4 Å². The average molecular weight is 290 g/mol. The fourth-order valence-corrected chi connectivity index (χ4v) is 3.64.